The largest absolute Gasteiger partial charge is 0.485 e. The molecular weight excluding hydrogens is 514 g/mol. The topological polar surface area (TPSA) is 154 Å². The van der Waals surface area contributed by atoms with Gasteiger partial charge in [0.05, 0.1) is 30.4 Å². The second-order valence-electron chi connectivity index (χ2n) is 10.0. The zero-order valence-electron chi connectivity index (χ0n) is 22.8. The Morgan fingerprint density at radius 1 is 1.29 bits per heavy atom. The summed E-state index contributed by atoms with van der Waals surface area (Å²) in [6.45, 7) is 10.5. The number of fused-ring (bicyclic) bond motifs is 1. The fraction of sp³-hybridized carbons (Fsp3) is 0.560. The molecule has 1 aliphatic rings. The predicted molar refractivity (Wildman–Crippen MR) is 141 cm³/mol. The van der Waals surface area contributed by atoms with Crippen LogP contribution in [0.5, 0.6) is 5.75 Å². The van der Waals surface area contributed by atoms with Gasteiger partial charge in [-0.1, -0.05) is 18.1 Å². The Labute approximate surface area is 223 Å². The van der Waals surface area contributed by atoms with Gasteiger partial charge in [0.25, 0.3) is 15.9 Å². The van der Waals surface area contributed by atoms with Gasteiger partial charge in [0.2, 0.25) is 0 Å². The maximum absolute atomic E-state index is 13.6. The van der Waals surface area contributed by atoms with Gasteiger partial charge < -0.3 is 29.5 Å². The Morgan fingerprint density at radius 3 is 2.55 bits per heavy atom. The van der Waals surface area contributed by atoms with E-state index in [1.807, 2.05) is 20.8 Å². The molecule has 210 valence electrons. The number of ether oxygens (including phenoxy) is 1. The lowest BCUT2D eigenvalue weighted by Crippen LogP contribution is -2.51. The van der Waals surface area contributed by atoms with Crippen molar-refractivity contribution in [2.45, 2.75) is 64.6 Å². The number of aliphatic hydroxyl groups excluding tert-OH is 1. The molecule has 0 aliphatic carbocycles. The number of rotatable bonds is 8. The molecule has 1 aliphatic heterocycles. The molecule has 3 amide bonds. The van der Waals surface area contributed by atoms with Crippen LogP contribution in [0.2, 0.25) is 0 Å². The molecule has 3 N–H and O–H groups in total. The van der Waals surface area contributed by atoms with Crippen LogP contribution in [0.1, 0.15) is 49.5 Å². The van der Waals surface area contributed by atoms with Gasteiger partial charge in [-0.15, -0.1) is 0 Å². The van der Waals surface area contributed by atoms with Crippen LogP contribution in [0.15, 0.2) is 27.6 Å². The average molecular weight is 552 g/mol. The van der Waals surface area contributed by atoms with Crippen molar-refractivity contribution in [3.8, 4) is 5.75 Å². The van der Waals surface area contributed by atoms with Gasteiger partial charge in [-0.3, -0.25) is 9.52 Å². The summed E-state index contributed by atoms with van der Waals surface area (Å²) in [4.78, 5) is 29.1. The summed E-state index contributed by atoms with van der Waals surface area (Å²) >= 11 is 0. The lowest BCUT2D eigenvalue weighted by Gasteiger charge is -2.38. The number of hydrogen-bond acceptors (Lipinski definition) is 8. The van der Waals surface area contributed by atoms with E-state index in [4.69, 9.17) is 9.26 Å². The molecule has 0 saturated heterocycles. The van der Waals surface area contributed by atoms with E-state index in [1.54, 1.807) is 31.0 Å². The number of amides is 3. The maximum atomic E-state index is 13.6. The van der Waals surface area contributed by atoms with Gasteiger partial charge in [0.1, 0.15) is 11.8 Å². The molecule has 3 atom stereocenters. The number of aliphatic hydroxyl groups is 1. The molecule has 12 nitrogen and oxygen atoms in total. The second-order valence-corrected chi connectivity index (χ2v) is 11.7. The first kappa shape index (κ1) is 29.2. The fourth-order valence-corrected chi connectivity index (χ4v) is 5.70. The summed E-state index contributed by atoms with van der Waals surface area (Å²) in [6.07, 6.45) is -0.608. The third-order valence-corrected chi connectivity index (χ3v) is 7.99. The number of benzene rings is 1. The molecule has 0 unspecified atom stereocenters. The number of hydrogen-bond donors (Lipinski definition) is 3. The van der Waals surface area contributed by atoms with Crippen LogP contribution in [0.3, 0.4) is 0 Å². The van der Waals surface area contributed by atoms with E-state index in [0.29, 0.717) is 0 Å². The van der Waals surface area contributed by atoms with Crippen LogP contribution in [0.4, 0.5) is 10.5 Å². The van der Waals surface area contributed by atoms with E-state index >= 15 is 0 Å². The van der Waals surface area contributed by atoms with Gasteiger partial charge >= 0.3 is 6.03 Å². The number of carbonyl (C=O) groups is 2. The van der Waals surface area contributed by atoms with Crippen LogP contribution in [0.25, 0.3) is 0 Å². The lowest BCUT2D eigenvalue weighted by molar-refractivity contribution is 0.0369. The van der Waals surface area contributed by atoms with E-state index in [9.17, 15) is 23.1 Å². The Hall–Kier alpha value is -3.32. The molecule has 0 radical (unpaired) electrons. The Bertz CT molecular complexity index is 1260. The first-order valence-corrected chi connectivity index (χ1v) is 13.9. The summed E-state index contributed by atoms with van der Waals surface area (Å²) in [5.74, 6) is -0.519. The molecule has 2 heterocycles. The Kier molecular flexibility index (Phi) is 8.93. The molecule has 1 aromatic heterocycles. The highest BCUT2D eigenvalue weighted by Gasteiger charge is 2.36. The highest BCUT2D eigenvalue weighted by atomic mass is 32.2. The lowest BCUT2D eigenvalue weighted by atomic mass is 9.99. The minimum absolute atomic E-state index is 0.0391. The fourth-order valence-electron chi connectivity index (χ4n) is 4.31. The normalized spacial score (nSPS) is 18.8. The van der Waals surface area contributed by atoms with Gasteiger partial charge in [-0.2, -0.15) is 0 Å². The Balaban J connectivity index is 2.08. The number of aromatic nitrogens is 1. The number of anilines is 1. The average Bonchev–Trinajstić information content (AvgIpc) is 3.19. The number of urea groups is 1. The molecule has 0 bridgehead atoms. The van der Waals surface area contributed by atoms with Crippen molar-refractivity contribution in [2.75, 3.05) is 31.5 Å². The summed E-state index contributed by atoms with van der Waals surface area (Å²) in [6, 6.07) is 3.74. The van der Waals surface area contributed by atoms with Crippen molar-refractivity contribution >= 4 is 27.6 Å². The van der Waals surface area contributed by atoms with Gasteiger partial charge in [0.15, 0.2) is 16.4 Å². The summed E-state index contributed by atoms with van der Waals surface area (Å²) < 4.78 is 40.5. The van der Waals surface area contributed by atoms with Crippen LogP contribution in [-0.2, 0) is 10.0 Å². The molecule has 2 aromatic rings. The zero-order valence-corrected chi connectivity index (χ0v) is 23.6. The number of carbonyl (C=O) groups excluding carboxylic acids is 2. The van der Waals surface area contributed by atoms with Crippen molar-refractivity contribution in [3.05, 3.63) is 35.2 Å². The van der Waals surface area contributed by atoms with Crippen molar-refractivity contribution in [1.29, 1.82) is 0 Å². The molecule has 0 fully saturated rings. The molecule has 0 spiro atoms. The van der Waals surface area contributed by atoms with Crippen molar-refractivity contribution < 1.29 is 32.4 Å². The zero-order chi connectivity index (χ0) is 28.4. The number of aryl methyl sites for hydroxylation is 2. The van der Waals surface area contributed by atoms with Crippen LogP contribution in [-0.4, -0.2) is 85.4 Å². The number of likely N-dealkylation sites (N-methyl/N-ethyl adjacent to an activating group) is 1. The first-order valence-electron chi connectivity index (χ1n) is 12.5. The highest BCUT2D eigenvalue weighted by molar-refractivity contribution is 7.92. The summed E-state index contributed by atoms with van der Waals surface area (Å²) in [7, 11) is -2.51. The van der Waals surface area contributed by atoms with E-state index < -0.39 is 28.1 Å². The minimum atomic E-state index is -4.14. The molecule has 13 heteroatoms. The Morgan fingerprint density at radius 2 is 1.97 bits per heavy atom. The highest BCUT2D eigenvalue weighted by Crippen LogP contribution is 2.36. The van der Waals surface area contributed by atoms with Gasteiger partial charge in [-0.25, -0.2) is 13.2 Å². The number of nitrogens with one attached hydrogen (secondary N) is 2. The van der Waals surface area contributed by atoms with Crippen LogP contribution in [0, 0.1) is 19.8 Å². The quantitative estimate of drug-likeness (QED) is 0.452. The van der Waals surface area contributed by atoms with Crippen molar-refractivity contribution in [3.63, 3.8) is 0 Å². The third kappa shape index (κ3) is 6.21. The van der Waals surface area contributed by atoms with Crippen molar-refractivity contribution in [1.82, 2.24) is 20.3 Å². The summed E-state index contributed by atoms with van der Waals surface area (Å²) in [5, 5.41) is 16.4. The minimum Gasteiger partial charge on any atom is -0.485 e. The third-order valence-electron chi connectivity index (χ3n) is 6.38. The smallest absolute Gasteiger partial charge is 0.317 e. The number of para-hydroxylation sites is 1. The van der Waals surface area contributed by atoms with Gasteiger partial charge in [-0.05, 0) is 46.8 Å². The monoisotopic (exact) mass is 551 g/mol. The second kappa shape index (κ2) is 11.6. The van der Waals surface area contributed by atoms with E-state index in [-0.39, 0.29) is 71.0 Å². The molecular formula is C25H37N5O7S. The van der Waals surface area contributed by atoms with E-state index in [1.165, 1.54) is 24.8 Å². The maximum Gasteiger partial charge on any atom is 0.317 e. The summed E-state index contributed by atoms with van der Waals surface area (Å²) in [5.41, 5.74) is 0.384. The van der Waals surface area contributed by atoms with Gasteiger partial charge in [0, 0.05) is 25.6 Å². The molecule has 0 saturated carbocycles. The molecule has 38 heavy (non-hydrogen) atoms. The van der Waals surface area contributed by atoms with Crippen molar-refractivity contribution in [2.24, 2.45) is 5.92 Å². The number of nitrogens with zero attached hydrogens (tertiary/aromatic N) is 3. The molecule has 1 aromatic carbocycles. The SMILES string of the molecule is Cc1noc(C)c1S(=O)(=O)Nc1cccc2c1O[C@@H](CN(C)C(=O)NC(C)C)[C@@H](C)CN([C@@H](C)CO)C2=O. The van der Waals surface area contributed by atoms with Crippen LogP contribution >= 0.6 is 0 Å². The first-order chi connectivity index (χ1) is 17.8. The van der Waals surface area contributed by atoms with E-state index in [2.05, 4.69) is 15.2 Å². The predicted octanol–water partition coefficient (Wildman–Crippen LogP) is 2.36. The molecule has 3 rings (SSSR count). The van der Waals surface area contributed by atoms with E-state index in [0.717, 1.165) is 0 Å². The standard InChI is InChI=1S/C25H37N5O7S/c1-14(2)26-25(33)29(7)12-21-15(3)11-30(16(4)13-31)24(32)19-9-8-10-20(22(19)36-21)28-38(34,35)23-17(5)27-37-18(23)6/h8-10,14-16,21,28,31H,11-13H2,1-7H3,(H,26,33)/t15-,16-,21-/m0/s1. The number of sulfonamides is 1. The van der Waals surface area contributed by atoms with Crippen LogP contribution < -0.4 is 14.8 Å².